The van der Waals surface area contributed by atoms with Gasteiger partial charge in [0.25, 0.3) is 5.91 Å². The zero-order valence-electron chi connectivity index (χ0n) is 29.1. The van der Waals surface area contributed by atoms with Gasteiger partial charge in [-0.15, -0.1) is 0 Å². The molecule has 0 spiro atoms. The summed E-state index contributed by atoms with van der Waals surface area (Å²) in [5, 5.41) is 7.60. The summed E-state index contributed by atoms with van der Waals surface area (Å²) in [6.07, 6.45) is 11.7. The Hall–Kier alpha value is -5.81. The molecule has 6 aromatic carbocycles. The first kappa shape index (κ1) is 35.6. The fourth-order valence-corrected chi connectivity index (χ4v) is 6.50. The average molecular weight is 734 g/mol. The smallest absolute Gasteiger partial charge is 0.255 e. The number of aryl methyl sites for hydroxylation is 1. The molecule has 0 bridgehead atoms. The van der Waals surface area contributed by atoms with Crippen molar-refractivity contribution in [2.24, 2.45) is 0 Å². The van der Waals surface area contributed by atoms with E-state index in [1.165, 1.54) is 22.3 Å². The highest BCUT2D eigenvalue weighted by Gasteiger charge is 2.08. The van der Waals surface area contributed by atoms with Crippen molar-refractivity contribution in [2.45, 2.75) is 25.9 Å². The maximum absolute atomic E-state index is 12.5. The first-order valence-corrected chi connectivity index (χ1v) is 18.4. The number of carbonyl (C=O) groups is 1. The predicted octanol–water partition coefficient (Wildman–Crippen LogP) is 13.0. The summed E-state index contributed by atoms with van der Waals surface area (Å²) in [5.74, 6) is 0.590. The molecule has 4 nitrogen and oxygen atoms in total. The number of anilines is 2. The van der Waals surface area contributed by atoms with E-state index in [2.05, 4.69) is 95.6 Å². The minimum Gasteiger partial charge on any atom is -0.489 e. The van der Waals surface area contributed by atoms with E-state index >= 15 is 0 Å². The molecule has 1 amide bonds. The van der Waals surface area contributed by atoms with Crippen LogP contribution < -0.4 is 15.4 Å². The number of hydrogen-bond acceptors (Lipinski definition) is 3. The Labute approximate surface area is 321 Å². The first-order chi connectivity index (χ1) is 25.9. The van der Waals surface area contributed by atoms with Crippen molar-refractivity contribution in [1.82, 2.24) is 0 Å². The summed E-state index contributed by atoms with van der Waals surface area (Å²) < 4.78 is 6.04. The Morgan fingerprint density at radius 2 is 1.19 bits per heavy atom. The lowest BCUT2D eigenvalue weighted by molar-refractivity contribution is 0.102. The van der Waals surface area contributed by atoms with Crippen LogP contribution >= 0.6 is 23.2 Å². The van der Waals surface area contributed by atoms with Crippen molar-refractivity contribution in [3.63, 3.8) is 0 Å². The van der Waals surface area contributed by atoms with Crippen LogP contribution in [0.15, 0.2) is 181 Å². The monoisotopic (exact) mass is 732 g/mol. The summed E-state index contributed by atoms with van der Waals surface area (Å²) in [4.78, 5) is 12.5. The molecule has 0 saturated heterocycles. The van der Waals surface area contributed by atoms with Gasteiger partial charge in [-0.25, -0.2) is 0 Å². The number of ether oxygens (including phenoxy) is 1. The van der Waals surface area contributed by atoms with Crippen LogP contribution in [0.4, 0.5) is 11.4 Å². The minimum absolute atomic E-state index is 0.203. The highest BCUT2D eigenvalue weighted by atomic mass is 35.5. The molecule has 262 valence electrons. The van der Waals surface area contributed by atoms with Crippen molar-refractivity contribution >= 4 is 40.5 Å². The highest BCUT2D eigenvalue weighted by Crippen LogP contribution is 2.28. The molecular formula is C47H38Cl2N2O2. The van der Waals surface area contributed by atoms with Crippen molar-refractivity contribution in [3.05, 3.63) is 208 Å². The molecular weight excluding hydrogens is 695 g/mol. The normalized spacial score (nSPS) is 12.3. The quantitative estimate of drug-likeness (QED) is 0.132. The third-order valence-electron chi connectivity index (χ3n) is 9.07. The largest absolute Gasteiger partial charge is 0.489 e. The second-order valence-corrected chi connectivity index (χ2v) is 13.8. The summed E-state index contributed by atoms with van der Waals surface area (Å²) in [6.45, 7) is 0.422. The predicted molar refractivity (Wildman–Crippen MR) is 221 cm³/mol. The highest BCUT2D eigenvalue weighted by molar-refractivity contribution is 6.31. The fourth-order valence-electron chi connectivity index (χ4n) is 6.12. The Morgan fingerprint density at radius 1 is 0.585 bits per heavy atom. The van der Waals surface area contributed by atoms with Crippen LogP contribution in [-0.4, -0.2) is 5.91 Å². The average Bonchev–Trinajstić information content (AvgIpc) is 3.42. The van der Waals surface area contributed by atoms with Gasteiger partial charge in [0.05, 0.1) is 0 Å². The first-order valence-electron chi connectivity index (χ1n) is 17.6. The van der Waals surface area contributed by atoms with Gasteiger partial charge in [0.2, 0.25) is 0 Å². The third-order valence-corrected chi connectivity index (χ3v) is 9.54. The van der Waals surface area contributed by atoms with Crippen molar-refractivity contribution < 1.29 is 9.53 Å². The van der Waals surface area contributed by atoms with Crippen LogP contribution in [0.3, 0.4) is 0 Å². The molecule has 0 unspecified atom stereocenters. The molecule has 1 aliphatic carbocycles. The van der Waals surface area contributed by atoms with E-state index in [0.29, 0.717) is 22.9 Å². The van der Waals surface area contributed by atoms with Crippen molar-refractivity contribution in [2.75, 3.05) is 10.6 Å². The Morgan fingerprint density at radius 3 is 1.85 bits per heavy atom. The van der Waals surface area contributed by atoms with Crippen LogP contribution in [-0.2, 0) is 13.0 Å². The van der Waals surface area contributed by atoms with E-state index in [-0.39, 0.29) is 5.91 Å². The van der Waals surface area contributed by atoms with Gasteiger partial charge in [-0.1, -0.05) is 132 Å². The molecule has 6 aromatic rings. The standard InChI is InChI=1S/C47H38Cl2N2O2/c48-41-6-2-5-40(30-41)47(52)51-44-26-15-35(16-27-44)32-53-46-28-23-39(24-29-46)38-21-19-37(20-22-38)36-17-12-34(13-18-36)11-10-33-4-1-8-43(25-14-33)50-45-9-3-7-42(49)31-45/h2-9,12-31,50H,1,10-11,32H2,(H,51,52). The number of nitrogens with one attached hydrogen (secondary N) is 2. The molecule has 7 rings (SSSR count). The van der Waals surface area contributed by atoms with Gasteiger partial charge < -0.3 is 15.4 Å². The van der Waals surface area contributed by atoms with Gasteiger partial charge >= 0.3 is 0 Å². The zero-order valence-corrected chi connectivity index (χ0v) is 30.6. The fraction of sp³-hybridized carbons (Fsp3) is 0.0851. The van der Waals surface area contributed by atoms with E-state index in [0.717, 1.165) is 58.1 Å². The maximum Gasteiger partial charge on any atom is 0.255 e. The van der Waals surface area contributed by atoms with Gasteiger partial charge in [-0.3, -0.25) is 4.79 Å². The molecule has 0 radical (unpaired) electrons. The molecule has 2 N–H and O–H groups in total. The third kappa shape index (κ3) is 9.95. The number of halogens is 2. The van der Waals surface area contributed by atoms with Crippen LogP contribution in [0, 0.1) is 0 Å². The Balaban J connectivity index is 0.870. The molecule has 0 fully saturated rings. The molecule has 1 aliphatic rings. The van der Waals surface area contributed by atoms with E-state index in [1.54, 1.807) is 24.3 Å². The molecule has 0 saturated carbocycles. The number of benzene rings is 6. The molecule has 0 heterocycles. The SMILES string of the molecule is O=C(Nc1ccc(COc2ccc(-c3ccc(-c4ccc(CCC5=CCC=C(Nc6cccc(Cl)c6)C=C5)cc4)cc3)cc2)cc1)c1cccc(Cl)c1. The maximum atomic E-state index is 12.5. The van der Waals surface area contributed by atoms with E-state index < -0.39 is 0 Å². The Bertz CT molecular complexity index is 2270. The number of allylic oxidation sites excluding steroid dienone is 5. The lowest BCUT2D eigenvalue weighted by Crippen LogP contribution is -2.11. The molecule has 0 aliphatic heterocycles. The molecule has 0 atom stereocenters. The molecule has 53 heavy (non-hydrogen) atoms. The van der Waals surface area contributed by atoms with Crippen molar-refractivity contribution in [1.29, 1.82) is 0 Å². The van der Waals surface area contributed by atoms with Crippen molar-refractivity contribution in [3.8, 4) is 28.0 Å². The van der Waals surface area contributed by atoms with Crippen LogP contribution in [0.1, 0.15) is 34.3 Å². The van der Waals surface area contributed by atoms with Crippen LogP contribution in [0.2, 0.25) is 10.0 Å². The summed E-state index contributed by atoms with van der Waals surface area (Å²) in [6, 6.07) is 48.0. The zero-order chi connectivity index (χ0) is 36.4. The number of rotatable bonds is 12. The summed E-state index contributed by atoms with van der Waals surface area (Å²) in [7, 11) is 0. The van der Waals surface area contributed by atoms with Gasteiger partial charge in [0.1, 0.15) is 12.4 Å². The van der Waals surface area contributed by atoms with Gasteiger partial charge in [-0.05, 0) is 119 Å². The summed E-state index contributed by atoms with van der Waals surface area (Å²) >= 11 is 12.2. The van der Waals surface area contributed by atoms with Gasteiger partial charge in [-0.2, -0.15) is 0 Å². The number of carbonyl (C=O) groups excluding carboxylic acids is 1. The van der Waals surface area contributed by atoms with E-state index in [9.17, 15) is 4.79 Å². The second-order valence-electron chi connectivity index (χ2n) is 12.9. The lowest BCUT2D eigenvalue weighted by atomic mass is 9.98. The summed E-state index contributed by atoms with van der Waals surface area (Å²) in [5.41, 5.74) is 11.6. The minimum atomic E-state index is -0.203. The number of amides is 1. The molecule has 6 heteroatoms. The van der Waals surface area contributed by atoms with E-state index in [4.69, 9.17) is 27.9 Å². The topological polar surface area (TPSA) is 50.4 Å². The van der Waals surface area contributed by atoms with Crippen LogP contribution in [0.25, 0.3) is 22.3 Å². The van der Waals surface area contributed by atoms with Gasteiger partial charge in [0.15, 0.2) is 0 Å². The van der Waals surface area contributed by atoms with Crippen LogP contribution in [0.5, 0.6) is 5.75 Å². The lowest BCUT2D eigenvalue weighted by Gasteiger charge is -2.10. The Kier molecular flexibility index (Phi) is 11.5. The number of hydrogen-bond donors (Lipinski definition) is 2. The molecule has 0 aromatic heterocycles. The second kappa shape index (κ2) is 17.1. The van der Waals surface area contributed by atoms with Gasteiger partial charge in [0, 0.05) is 32.7 Å². The van der Waals surface area contributed by atoms with E-state index in [1.807, 2.05) is 60.7 Å².